The minimum absolute atomic E-state index is 0.320. The van der Waals surface area contributed by atoms with Crippen LogP contribution in [0.25, 0.3) is 23.3 Å². The molecule has 2 N–H and O–H groups in total. The van der Waals surface area contributed by atoms with Crippen molar-refractivity contribution >= 4 is 23.3 Å². The van der Waals surface area contributed by atoms with Gasteiger partial charge in [-0.3, -0.25) is 0 Å². The summed E-state index contributed by atoms with van der Waals surface area (Å²) >= 11 is 0. The molecule has 0 saturated heterocycles. The zero-order chi connectivity index (χ0) is 24.7. The Morgan fingerprint density at radius 1 is 0.472 bits per heavy atom. The third-order valence-electron chi connectivity index (χ3n) is 8.07. The first-order valence-electron chi connectivity index (χ1n) is 13.8. The largest absolute Gasteiger partial charge is 0.508 e. The average molecular weight is 479 g/mol. The molecule has 0 bridgehead atoms. The lowest BCUT2D eigenvalue weighted by Gasteiger charge is -2.25. The Morgan fingerprint density at radius 3 is 1.14 bits per heavy atom. The van der Waals surface area contributed by atoms with E-state index in [1.165, 1.54) is 97.6 Å². The lowest BCUT2D eigenvalue weighted by molar-refractivity contribution is 0.430. The van der Waals surface area contributed by atoms with E-state index < -0.39 is 0 Å². The lowest BCUT2D eigenvalue weighted by atomic mass is 9.80. The summed E-state index contributed by atoms with van der Waals surface area (Å²) in [6.07, 6.45) is 17.5. The van der Waals surface area contributed by atoms with Gasteiger partial charge in [0.2, 0.25) is 0 Å². The molecule has 2 aliphatic rings. The maximum absolute atomic E-state index is 9.79. The van der Waals surface area contributed by atoms with Crippen molar-refractivity contribution in [1.29, 1.82) is 0 Å². The Bertz CT molecular complexity index is 1070. The molecule has 0 heterocycles. The molecule has 0 aromatic heterocycles. The van der Waals surface area contributed by atoms with E-state index in [1.54, 1.807) is 24.3 Å². The van der Waals surface area contributed by atoms with Gasteiger partial charge < -0.3 is 10.2 Å². The summed E-state index contributed by atoms with van der Waals surface area (Å²) in [6, 6.07) is 24.4. The maximum Gasteiger partial charge on any atom is 0.115 e. The summed E-state index contributed by atoms with van der Waals surface area (Å²) in [7, 11) is 0. The molecule has 2 fully saturated rings. The number of phenolic OH excluding ortho intramolecular Hbond substituents is 2. The number of benzene rings is 3. The highest BCUT2D eigenvalue weighted by atomic mass is 16.3. The van der Waals surface area contributed by atoms with Crippen LogP contribution in [0.2, 0.25) is 0 Å². The summed E-state index contributed by atoms with van der Waals surface area (Å²) < 4.78 is 0. The van der Waals surface area contributed by atoms with Crippen molar-refractivity contribution in [2.24, 2.45) is 11.8 Å². The van der Waals surface area contributed by atoms with Crippen LogP contribution >= 0.6 is 0 Å². The second-order valence-corrected chi connectivity index (χ2v) is 10.6. The summed E-state index contributed by atoms with van der Waals surface area (Å²) in [6.45, 7) is 0. The van der Waals surface area contributed by atoms with Crippen LogP contribution in [0, 0.1) is 11.8 Å². The van der Waals surface area contributed by atoms with Gasteiger partial charge in [0.05, 0.1) is 0 Å². The van der Waals surface area contributed by atoms with Gasteiger partial charge in [-0.1, -0.05) is 99.2 Å². The molecule has 2 saturated carbocycles. The number of hydrogen-bond acceptors (Lipinski definition) is 2. The molecule has 0 aliphatic heterocycles. The molecule has 2 heteroatoms. The molecule has 0 atom stereocenters. The van der Waals surface area contributed by atoms with E-state index in [2.05, 4.69) is 60.7 Å². The van der Waals surface area contributed by atoms with Gasteiger partial charge in [0.1, 0.15) is 11.5 Å². The van der Waals surface area contributed by atoms with E-state index in [-0.39, 0.29) is 0 Å². The summed E-state index contributed by atoms with van der Waals surface area (Å²) in [5, 5.41) is 19.6. The SMILES string of the molecule is Oc1ccc(/C(=C/c2ccc(/C=C(/c3ccc(O)cc3)C3CCCCC3)cc2)C2CCCCC2)cc1. The van der Waals surface area contributed by atoms with Crippen molar-refractivity contribution in [2.75, 3.05) is 0 Å². The smallest absolute Gasteiger partial charge is 0.115 e. The van der Waals surface area contributed by atoms with Crippen molar-refractivity contribution in [1.82, 2.24) is 0 Å². The van der Waals surface area contributed by atoms with Crippen LogP contribution in [0.3, 0.4) is 0 Å². The molecule has 0 amide bonds. The molecular formula is C34H38O2. The number of rotatable bonds is 6. The molecule has 36 heavy (non-hydrogen) atoms. The van der Waals surface area contributed by atoms with E-state index in [4.69, 9.17) is 0 Å². The molecule has 2 nitrogen and oxygen atoms in total. The topological polar surface area (TPSA) is 40.5 Å². The highest BCUT2D eigenvalue weighted by Crippen LogP contribution is 2.39. The van der Waals surface area contributed by atoms with E-state index in [0.717, 1.165) is 0 Å². The molecule has 5 rings (SSSR count). The van der Waals surface area contributed by atoms with Gasteiger partial charge in [0.15, 0.2) is 0 Å². The number of allylic oxidation sites excluding steroid dienone is 2. The first-order chi connectivity index (χ1) is 17.7. The van der Waals surface area contributed by atoms with Gasteiger partial charge in [-0.15, -0.1) is 0 Å². The fourth-order valence-electron chi connectivity index (χ4n) is 6.06. The highest BCUT2D eigenvalue weighted by molar-refractivity contribution is 5.85. The third kappa shape index (κ3) is 6.10. The predicted molar refractivity (Wildman–Crippen MR) is 152 cm³/mol. The first kappa shape index (κ1) is 24.4. The van der Waals surface area contributed by atoms with Gasteiger partial charge in [-0.25, -0.2) is 0 Å². The second kappa shape index (κ2) is 11.6. The van der Waals surface area contributed by atoms with Crippen LogP contribution in [0.4, 0.5) is 0 Å². The Morgan fingerprint density at radius 2 is 0.806 bits per heavy atom. The minimum atomic E-state index is 0.320. The van der Waals surface area contributed by atoms with Gasteiger partial charge in [-0.2, -0.15) is 0 Å². The van der Waals surface area contributed by atoms with Crippen molar-refractivity contribution in [3.05, 3.63) is 95.1 Å². The fraction of sp³-hybridized carbons (Fsp3) is 0.353. The van der Waals surface area contributed by atoms with Gasteiger partial charge in [0, 0.05) is 0 Å². The minimum Gasteiger partial charge on any atom is -0.508 e. The van der Waals surface area contributed by atoms with Crippen molar-refractivity contribution in [2.45, 2.75) is 64.2 Å². The molecule has 0 unspecified atom stereocenters. The van der Waals surface area contributed by atoms with Gasteiger partial charge in [0.25, 0.3) is 0 Å². The van der Waals surface area contributed by atoms with Crippen molar-refractivity contribution < 1.29 is 10.2 Å². The number of aromatic hydroxyl groups is 2. The molecule has 3 aromatic rings. The van der Waals surface area contributed by atoms with Crippen molar-refractivity contribution in [3.63, 3.8) is 0 Å². The van der Waals surface area contributed by atoms with Crippen LogP contribution < -0.4 is 0 Å². The Kier molecular flexibility index (Phi) is 7.91. The zero-order valence-electron chi connectivity index (χ0n) is 21.2. The molecule has 0 spiro atoms. The van der Waals surface area contributed by atoms with Gasteiger partial charge >= 0.3 is 0 Å². The quantitative estimate of drug-likeness (QED) is 0.346. The maximum atomic E-state index is 9.79. The van der Waals surface area contributed by atoms with E-state index >= 15 is 0 Å². The van der Waals surface area contributed by atoms with E-state index in [0.29, 0.717) is 23.3 Å². The second-order valence-electron chi connectivity index (χ2n) is 10.6. The Balaban J connectivity index is 1.45. The standard InChI is InChI=1S/C34H38O2/c35-31-19-15-29(16-20-31)33(27-7-3-1-4-8-27)23-25-11-13-26(14-12-25)24-34(28-9-5-2-6-10-28)30-17-21-32(36)22-18-30/h11-24,27-28,35-36H,1-10H2/b33-23+,34-24+. The number of hydrogen-bond donors (Lipinski definition) is 2. The van der Waals surface area contributed by atoms with Crippen LogP contribution in [-0.4, -0.2) is 10.2 Å². The van der Waals surface area contributed by atoms with Crippen LogP contribution in [0.15, 0.2) is 72.8 Å². The lowest BCUT2D eigenvalue weighted by Crippen LogP contribution is -2.08. The Hall–Kier alpha value is -3.26. The monoisotopic (exact) mass is 478 g/mol. The Labute approximate surface area is 216 Å². The van der Waals surface area contributed by atoms with Crippen LogP contribution in [0.5, 0.6) is 11.5 Å². The van der Waals surface area contributed by atoms with Crippen molar-refractivity contribution in [3.8, 4) is 11.5 Å². The van der Waals surface area contributed by atoms with Crippen LogP contribution in [0.1, 0.15) is 86.5 Å². The number of phenols is 2. The summed E-state index contributed by atoms with van der Waals surface area (Å²) in [5.41, 5.74) is 7.68. The summed E-state index contributed by atoms with van der Waals surface area (Å²) in [4.78, 5) is 0. The zero-order valence-corrected chi connectivity index (χ0v) is 21.2. The van der Waals surface area contributed by atoms with Crippen LogP contribution in [-0.2, 0) is 0 Å². The summed E-state index contributed by atoms with van der Waals surface area (Å²) in [5.74, 6) is 1.80. The molecule has 0 radical (unpaired) electrons. The van der Waals surface area contributed by atoms with E-state index in [9.17, 15) is 10.2 Å². The predicted octanol–water partition coefficient (Wildman–Crippen LogP) is 9.34. The fourth-order valence-corrected chi connectivity index (χ4v) is 6.06. The molecular weight excluding hydrogens is 440 g/mol. The van der Waals surface area contributed by atoms with Gasteiger partial charge in [-0.05, 0) is 95.2 Å². The normalized spacial score (nSPS) is 18.3. The third-order valence-corrected chi connectivity index (χ3v) is 8.07. The highest BCUT2D eigenvalue weighted by Gasteiger charge is 2.20. The average Bonchev–Trinajstić information content (AvgIpc) is 2.93. The molecule has 3 aromatic carbocycles. The molecule has 2 aliphatic carbocycles. The molecule has 186 valence electrons. The first-order valence-corrected chi connectivity index (χ1v) is 13.8. The van der Waals surface area contributed by atoms with E-state index in [1.807, 2.05) is 0 Å².